The third-order valence-corrected chi connectivity index (χ3v) is 4.60. The number of halogens is 1. The largest absolute Gasteiger partial charge is 0.381 e. The van der Waals surface area contributed by atoms with Crippen molar-refractivity contribution in [1.82, 2.24) is 34.7 Å². The van der Waals surface area contributed by atoms with Crippen molar-refractivity contribution < 1.29 is 4.39 Å². The minimum absolute atomic E-state index is 0.0504. The molecule has 0 aliphatic heterocycles. The summed E-state index contributed by atoms with van der Waals surface area (Å²) >= 11 is 0. The Kier molecular flexibility index (Phi) is 4.48. The molecule has 29 heavy (non-hydrogen) atoms. The Labute approximate surface area is 165 Å². The Bertz CT molecular complexity index is 1250. The van der Waals surface area contributed by atoms with E-state index in [0.29, 0.717) is 23.2 Å². The van der Waals surface area contributed by atoms with Crippen molar-refractivity contribution in [2.75, 3.05) is 5.73 Å². The molecular weight excluding hydrogens is 373 g/mol. The third-order valence-electron chi connectivity index (χ3n) is 4.60. The highest BCUT2D eigenvalue weighted by atomic mass is 19.1. The summed E-state index contributed by atoms with van der Waals surface area (Å²) in [5.74, 6) is -0.849. The molecule has 0 unspecified atom stereocenters. The first kappa shape index (κ1) is 18.2. The molecule has 10 heteroatoms. The Morgan fingerprint density at radius 1 is 1.24 bits per heavy atom. The zero-order valence-corrected chi connectivity index (χ0v) is 15.7. The quantitative estimate of drug-likeness (QED) is 0.566. The van der Waals surface area contributed by atoms with Gasteiger partial charge < -0.3 is 5.73 Å². The van der Waals surface area contributed by atoms with E-state index in [0.717, 1.165) is 5.69 Å². The van der Waals surface area contributed by atoms with Gasteiger partial charge in [0.1, 0.15) is 11.4 Å². The number of hydrogen-bond acceptors (Lipinski definition) is 7. The van der Waals surface area contributed by atoms with Crippen LogP contribution in [0.3, 0.4) is 0 Å². The Morgan fingerprint density at radius 3 is 2.79 bits per heavy atom. The molecule has 0 spiro atoms. The van der Waals surface area contributed by atoms with Gasteiger partial charge in [-0.2, -0.15) is 10.4 Å². The van der Waals surface area contributed by atoms with Gasteiger partial charge in [-0.15, -0.1) is 5.10 Å². The normalized spacial score (nSPS) is 10.8. The van der Waals surface area contributed by atoms with E-state index in [-0.39, 0.29) is 23.0 Å². The molecule has 0 saturated carbocycles. The highest BCUT2D eigenvalue weighted by molar-refractivity contribution is 5.69. The molecule has 0 fully saturated rings. The number of aromatic nitrogens is 7. The molecule has 1 aromatic carbocycles. The predicted octanol–water partition coefficient (Wildman–Crippen LogP) is 2.09. The van der Waals surface area contributed by atoms with E-state index in [4.69, 9.17) is 5.73 Å². The zero-order valence-electron chi connectivity index (χ0n) is 15.7. The lowest BCUT2D eigenvalue weighted by molar-refractivity contribution is 0.600. The monoisotopic (exact) mass is 389 g/mol. The SMILES string of the molecule is Cc1c(C#N)cccc1-c1nc(N)c(F)c(-c2cn(Cc3ccnn3C)nn2)n1. The van der Waals surface area contributed by atoms with E-state index in [9.17, 15) is 9.65 Å². The van der Waals surface area contributed by atoms with Crippen molar-refractivity contribution in [3.63, 3.8) is 0 Å². The molecule has 0 amide bonds. The van der Waals surface area contributed by atoms with Gasteiger partial charge in [0.05, 0.1) is 30.1 Å². The fourth-order valence-corrected chi connectivity index (χ4v) is 2.96. The summed E-state index contributed by atoms with van der Waals surface area (Å²) in [6, 6.07) is 9.13. The number of rotatable bonds is 4. The van der Waals surface area contributed by atoms with Crippen molar-refractivity contribution >= 4 is 5.82 Å². The first-order valence-corrected chi connectivity index (χ1v) is 8.68. The minimum atomic E-state index is -0.768. The summed E-state index contributed by atoms with van der Waals surface area (Å²) in [4.78, 5) is 8.39. The number of nitrogen functional groups attached to an aromatic ring is 1. The molecule has 9 nitrogen and oxygen atoms in total. The number of anilines is 1. The molecule has 0 radical (unpaired) electrons. The van der Waals surface area contributed by atoms with Crippen LogP contribution in [0.15, 0.2) is 36.7 Å². The minimum Gasteiger partial charge on any atom is -0.381 e. The van der Waals surface area contributed by atoms with Gasteiger partial charge in [0.25, 0.3) is 0 Å². The smallest absolute Gasteiger partial charge is 0.193 e. The highest BCUT2D eigenvalue weighted by Crippen LogP contribution is 2.28. The van der Waals surface area contributed by atoms with E-state index in [1.165, 1.54) is 0 Å². The lowest BCUT2D eigenvalue weighted by atomic mass is 10.0. The molecule has 4 rings (SSSR count). The molecule has 0 bridgehead atoms. The number of hydrogen-bond donors (Lipinski definition) is 1. The lowest BCUT2D eigenvalue weighted by Gasteiger charge is -2.09. The van der Waals surface area contributed by atoms with Crippen LogP contribution in [0, 0.1) is 24.1 Å². The van der Waals surface area contributed by atoms with Crippen LogP contribution in [0.4, 0.5) is 10.2 Å². The van der Waals surface area contributed by atoms with E-state index >= 15 is 0 Å². The first-order valence-electron chi connectivity index (χ1n) is 8.68. The lowest BCUT2D eigenvalue weighted by Crippen LogP contribution is -2.06. The van der Waals surface area contributed by atoms with Crippen LogP contribution in [0.2, 0.25) is 0 Å². The number of benzene rings is 1. The maximum absolute atomic E-state index is 14.7. The average Bonchev–Trinajstić information content (AvgIpc) is 3.34. The maximum atomic E-state index is 14.7. The molecule has 0 saturated heterocycles. The van der Waals surface area contributed by atoms with Crippen LogP contribution in [-0.4, -0.2) is 34.7 Å². The van der Waals surface area contributed by atoms with Crippen LogP contribution >= 0.6 is 0 Å². The summed E-state index contributed by atoms with van der Waals surface area (Å²) in [5.41, 5.74) is 8.65. The summed E-state index contributed by atoms with van der Waals surface area (Å²) in [7, 11) is 1.82. The molecular formula is C19H16FN9. The second-order valence-corrected chi connectivity index (χ2v) is 6.43. The standard InChI is InChI=1S/C19H16FN9/c1-11-12(8-21)4-3-5-14(11)19-24-17(16(20)18(22)25-19)15-10-29(27-26-15)9-13-6-7-23-28(13)2/h3-7,10H,9H2,1-2H3,(H2,22,24,25). The van der Waals surface area contributed by atoms with Crippen molar-refractivity contribution in [3.8, 4) is 28.8 Å². The molecule has 0 aliphatic rings. The molecule has 3 heterocycles. The van der Waals surface area contributed by atoms with Gasteiger partial charge in [-0.25, -0.2) is 19.0 Å². The number of nitrogens with two attached hydrogens (primary N) is 1. The third kappa shape index (κ3) is 3.29. The Balaban J connectivity index is 1.76. The van der Waals surface area contributed by atoms with Crippen LogP contribution in [-0.2, 0) is 13.6 Å². The molecule has 4 aromatic rings. The van der Waals surface area contributed by atoms with Gasteiger partial charge >= 0.3 is 0 Å². The fraction of sp³-hybridized carbons (Fsp3) is 0.158. The van der Waals surface area contributed by atoms with Gasteiger partial charge in [0.2, 0.25) is 0 Å². The van der Waals surface area contributed by atoms with Crippen LogP contribution in [0.5, 0.6) is 0 Å². The Morgan fingerprint density at radius 2 is 2.07 bits per heavy atom. The molecule has 3 aromatic heterocycles. The topological polar surface area (TPSA) is 124 Å². The van der Waals surface area contributed by atoms with Gasteiger partial charge in [0.15, 0.2) is 17.5 Å². The van der Waals surface area contributed by atoms with Crippen LogP contribution in [0.1, 0.15) is 16.8 Å². The molecule has 2 N–H and O–H groups in total. The predicted molar refractivity (Wildman–Crippen MR) is 103 cm³/mol. The number of aryl methyl sites for hydroxylation is 1. The van der Waals surface area contributed by atoms with Gasteiger partial charge in [-0.3, -0.25) is 4.68 Å². The molecule has 0 atom stereocenters. The van der Waals surface area contributed by atoms with E-state index < -0.39 is 5.82 Å². The fourth-order valence-electron chi connectivity index (χ4n) is 2.96. The number of nitrogens with zero attached hydrogens (tertiary/aromatic N) is 8. The summed E-state index contributed by atoms with van der Waals surface area (Å²) in [6.45, 7) is 2.20. The van der Waals surface area contributed by atoms with Crippen molar-refractivity contribution in [2.45, 2.75) is 13.5 Å². The highest BCUT2D eigenvalue weighted by Gasteiger charge is 2.19. The maximum Gasteiger partial charge on any atom is 0.193 e. The average molecular weight is 389 g/mol. The van der Waals surface area contributed by atoms with E-state index in [1.807, 2.05) is 13.1 Å². The summed E-state index contributed by atoms with van der Waals surface area (Å²) < 4.78 is 18.0. The summed E-state index contributed by atoms with van der Waals surface area (Å²) in [6.07, 6.45) is 3.27. The van der Waals surface area contributed by atoms with Gasteiger partial charge in [-0.1, -0.05) is 17.3 Å². The Hall–Kier alpha value is -4.13. The van der Waals surface area contributed by atoms with Crippen molar-refractivity contribution in [1.29, 1.82) is 5.26 Å². The van der Waals surface area contributed by atoms with Crippen molar-refractivity contribution in [2.24, 2.45) is 7.05 Å². The second kappa shape index (κ2) is 7.12. The van der Waals surface area contributed by atoms with Gasteiger partial charge in [-0.05, 0) is 24.6 Å². The molecule has 144 valence electrons. The second-order valence-electron chi connectivity index (χ2n) is 6.43. The van der Waals surface area contributed by atoms with Crippen LogP contribution in [0.25, 0.3) is 22.8 Å². The first-order chi connectivity index (χ1) is 14.0. The number of nitriles is 1. The van der Waals surface area contributed by atoms with E-state index in [2.05, 4.69) is 31.4 Å². The zero-order chi connectivity index (χ0) is 20.5. The molecule has 0 aliphatic carbocycles. The van der Waals surface area contributed by atoms with Crippen LogP contribution < -0.4 is 5.73 Å². The van der Waals surface area contributed by atoms with Crippen molar-refractivity contribution in [3.05, 3.63) is 59.3 Å². The van der Waals surface area contributed by atoms with E-state index in [1.54, 1.807) is 46.9 Å². The summed E-state index contributed by atoms with van der Waals surface area (Å²) in [5, 5.41) is 21.4. The van der Waals surface area contributed by atoms with Gasteiger partial charge in [0, 0.05) is 18.8 Å².